The first-order valence-corrected chi connectivity index (χ1v) is 10.8. The van der Waals surface area contributed by atoms with Crippen molar-refractivity contribution in [1.29, 1.82) is 0 Å². The second-order valence-electron chi connectivity index (χ2n) is 7.01. The third kappa shape index (κ3) is 5.28. The first-order valence-electron chi connectivity index (χ1n) is 9.96. The van der Waals surface area contributed by atoms with Crippen LogP contribution in [-0.2, 0) is 14.4 Å². The monoisotopic (exact) mass is 476 g/mol. The SMILES string of the molecule is COc1cc(/C=C2\SC(=O)N(CCNC(=O)C3=NN(C)C(=O)CC3)C2=O)cc(OC)c1OC. The Kier molecular flexibility index (Phi) is 7.59. The molecule has 176 valence electrons. The molecule has 0 unspecified atom stereocenters. The summed E-state index contributed by atoms with van der Waals surface area (Å²) in [5.74, 6) is 0.191. The molecule has 0 aliphatic carbocycles. The van der Waals surface area contributed by atoms with Crippen molar-refractivity contribution in [2.24, 2.45) is 5.10 Å². The number of methoxy groups -OCH3 is 3. The summed E-state index contributed by atoms with van der Waals surface area (Å²) in [4.78, 5) is 50.1. The summed E-state index contributed by atoms with van der Waals surface area (Å²) in [6.07, 6.45) is 2.02. The standard InChI is InChI=1S/C21H24N4O7S/c1-24-17(26)6-5-13(23-24)19(27)22-7-8-25-20(28)16(33-21(25)29)11-12-9-14(30-2)18(32-4)15(10-12)31-3/h9-11H,5-8H2,1-4H3,(H,22,27)/b16-11-. The van der Waals surface area contributed by atoms with E-state index in [1.807, 2.05) is 0 Å². The molecule has 0 aromatic heterocycles. The van der Waals surface area contributed by atoms with Crippen molar-refractivity contribution in [3.05, 3.63) is 22.6 Å². The quantitative estimate of drug-likeness (QED) is 0.559. The van der Waals surface area contributed by atoms with E-state index >= 15 is 0 Å². The van der Waals surface area contributed by atoms with E-state index in [2.05, 4.69) is 10.4 Å². The van der Waals surface area contributed by atoms with Gasteiger partial charge >= 0.3 is 0 Å². The van der Waals surface area contributed by atoms with Crippen LogP contribution in [0.1, 0.15) is 18.4 Å². The Morgan fingerprint density at radius 3 is 2.36 bits per heavy atom. The molecule has 12 heteroatoms. The molecule has 0 saturated carbocycles. The minimum Gasteiger partial charge on any atom is -0.493 e. The van der Waals surface area contributed by atoms with Gasteiger partial charge in [0.1, 0.15) is 5.71 Å². The lowest BCUT2D eigenvalue weighted by Gasteiger charge is -2.19. The lowest BCUT2D eigenvalue weighted by molar-refractivity contribution is -0.130. The maximum atomic E-state index is 12.8. The van der Waals surface area contributed by atoms with Crippen molar-refractivity contribution in [1.82, 2.24) is 15.2 Å². The van der Waals surface area contributed by atoms with E-state index in [9.17, 15) is 19.2 Å². The lowest BCUT2D eigenvalue weighted by Crippen LogP contribution is -2.41. The average molecular weight is 477 g/mol. The second-order valence-corrected chi connectivity index (χ2v) is 8.01. The van der Waals surface area contributed by atoms with Crippen molar-refractivity contribution in [3.8, 4) is 17.2 Å². The molecule has 1 N–H and O–H groups in total. The van der Waals surface area contributed by atoms with Crippen molar-refractivity contribution >= 4 is 46.5 Å². The zero-order valence-corrected chi connectivity index (χ0v) is 19.5. The fourth-order valence-corrected chi connectivity index (χ4v) is 4.11. The molecular formula is C21H24N4O7S. The van der Waals surface area contributed by atoms with Crippen LogP contribution in [-0.4, -0.2) is 80.0 Å². The van der Waals surface area contributed by atoms with Crippen LogP contribution in [0.5, 0.6) is 17.2 Å². The molecule has 3 rings (SSSR count). The molecule has 1 saturated heterocycles. The fourth-order valence-electron chi connectivity index (χ4n) is 3.25. The Morgan fingerprint density at radius 1 is 1.12 bits per heavy atom. The van der Waals surface area contributed by atoms with Gasteiger partial charge in [0.25, 0.3) is 17.1 Å². The van der Waals surface area contributed by atoms with Gasteiger partial charge in [0.15, 0.2) is 11.5 Å². The highest BCUT2D eigenvalue weighted by Crippen LogP contribution is 2.40. The molecule has 0 radical (unpaired) electrons. The van der Waals surface area contributed by atoms with Crippen LogP contribution < -0.4 is 19.5 Å². The number of rotatable bonds is 8. The maximum absolute atomic E-state index is 12.8. The molecule has 0 atom stereocenters. The second kappa shape index (κ2) is 10.4. The number of hydrogen-bond donors (Lipinski definition) is 1. The average Bonchev–Trinajstić information content (AvgIpc) is 3.07. The highest BCUT2D eigenvalue weighted by atomic mass is 32.2. The van der Waals surface area contributed by atoms with Gasteiger partial charge in [-0.2, -0.15) is 5.10 Å². The van der Waals surface area contributed by atoms with Crippen LogP contribution in [0.15, 0.2) is 22.1 Å². The smallest absolute Gasteiger partial charge is 0.293 e. The van der Waals surface area contributed by atoms with Crippen molar-refractivity contribution < 1.29 is 33.4 Å². The van der Waals surface area contributed by atoms with E-state index in [1.165, 1.54) is 28.4 Å². The first-order chi connectivity index (χ1) is 15.8. The zero-order chi connectivity index (χ0) is 24.1. The minimum absolute atomic E-state index is 0.00501. The van der Waals surface area contributed by atoms with E-state index in [0.29, 0.717) is 22.8 Å². The predicted octanol–water partition coefficient (Wildman–Crippen LogP) is 1.47. The fraction of sp³-hybridized carbons (Fsp3) is 0.381. The van der Waals surface area contributed by atoms with E-state index in [-0.39, 0.29) is 42.5 Å². The van der Waals surface area contributed by atoms with Gasteiger partial charge in [0, 0.05) is 33.0 Å². The summed E-state index contributed by atoms with van der Waals surface area (Å²) in [5, 5.41) is 7.27. The number of thioether (sulfide) groups is 1. The number of carbonyl (C=O) groups excluding carboxylic acids is 4. The lowest BCUT2D eigenvalue weighted by atomic mass is 10.1. The van der Waals surface area contributed by atoms with Gasteiger partial charge in [0.2, 0.25) is 11.7 Å². The Hall–Kier alpha value is -3.54. The van der Waals surface area contributed by atoms with E-state index in [0.717, 1.165) is 21.7 Å². The number of imide groups is 1. The number of hydrazone groups is 1. The van der Waals surface area contributed by atoms with Gasteiger partial charge in [0.05, 0.1) is 26.2 Å². The largest absolute Gasteiger partial charge is 0.493 e. The highest BCUT2D eigenvalue weighted by molar-refractivity contribution is 8.18. The Labute approximate surface area is 194 Å². The molecule has 1 aromatic carbocycles. The van der Waals surface area contributed by atoms with E-state index in [1.54, 1.807) is 18.2 Å². The number of carbonyl (C=O) groups is 4. The summed E-state index contributed by atoms with van der Waals surface area (Å²) >= 11 is 0.806. The van der Waals surface area contributed by atoms with Crippen LogP contribution >= 0.6 is 11.8 Å². The van der Waals surface area contributed by atoms with Gasteiger partial charge in [-0.1, -0.05) is 0 Å². The van der Waals surface area contributed by atoms with Crippen LogP contribution in [0.3, 0.4) is 0 Å². The van der Waals surface area contributed by atoms with E-state index in [4.69, 9.17) is 14.2 Å². The summed E-state index contributed by atoms with van der Waals surface area (Å²) in [5.41, 5.74) is 0.825. The van der Waals surface area contributed by atoms with Gasteiger partial charge in [-0.25, -0.2) is 5.01 Å². The highest BCUT2D eigenvalue weighted by Gasteiger charge is 2.35. The maximum Gasteiger partial charge on any atom is 0.293 e. The van der Waals surface area contributed by atoms with Crippen molar-refractivity contribution in [3.63, 3.8) is 0 Å². The molecule has 2 heterocycles. The number of hydrogen-bond acceptors (Lipinski definition) is 9. The summed E-state index contributed by atoms with van der Waals surface area (Å²) in [7, 11) is 5.94. The predicted molar refractivity (Wildman–Crippen MR) is 121 cm³/mol. The van der Waals surface area contributed by atoms with Gasteiger partial charge in [-0.15, -0.1) is 0 Å². The van der Waals surface area contributed by atoms with Crippen molar-refractivity contribution in [2.75, 3.05) is 41.5 Å². The van der Waals surface area contributed by atoms with Crippen LogP contribution in [0.4, 0.5) is 4.79 Å². The van der Waals surface area contributed by atoms with E-state index < -0.39 is 17.1 Å². The first kappa shape index (κ1) is 24.1. The van der Waals surface area contributed by atoms with Crippen LogP contribution in [0, 0.1) is 0 Å². The number of benzene rings is 1. The zero-order valence-electron chi connectivity index (χ0n) is 18.7. The number of nitrogens with zero attached hydrogens (tertiary/aromatic N) is 3. The van der Waals surface area contributed by atoms with Crippen LogP contribution in [0.25, 0.3) is 6.08 Å². The molecule has 0 bridgehead atoms. The Bertz CT molecular complexity index is 1030. The molecular weight excluding hydrogens is 452 g/mol. The Balaban J connectivity index is 1.66. The molecule has 1 fully saturated rings. The minimum atomic E-state index is -0.465. The molecule has 1 aromatic rings. The number of nitrogens with one attached hydrogen (secondary N) is 1. The summed E-state index contributed by atoms with van der Waals surface area (Å²) in [6.45, 7) is 0.0655. The van der Waals surface area contributed by atoms with Crippen molar-refractivity contribution in [2.45, 2.75) is 12.8 Å². The molecule has 4 amide bonds. The molecule has 33 heavy (non-hydrogen) atoms. The van der Waals surface area contributed by atoms with Crippen LogP contribution in [0.2, 0.25) is 0 Å². The van der Waals surface area contributed by atoms with Gasteiger partial charge in [-0.3, -0.25) is 24.1 Å². The van der Waals surface area contributed by atoms with Gasteiger partial charge in [-0.05, 0) is 35.5 Å². The molecule has 2 aliphatic heterocycles. The molecule has 11 nitrogen and oxygen atoms in total. The summed E-state index contributed by atoms with van der Waals surface area (Å²) < 4.78 is 15.9. The molecule has 0 spiro atoms. The third-order valence-electron chi connectivity index (χ3n) is 4.95. The topological polar surface area (TPSA) is 127 Å². The number of ether oxygens (including phenoxy) is 3. The summed E-state index contributed by atoms with van der Waals surface area (Å²) in [6, 6.07) is 3.34. The Morgan fingerprint density at radius 2 is 1.79 bits per heavy atom. The normalized spacial score (nSPS) is 17.4. The van der Waals surface area contributed by atoms with Gasteiger partial charge < -0.3 is 19.5 Å². The third-order valence-corrected chi connectivity index (χ3v) is 5.86. The molecule has 2 aliphatic rings. The number of amides is 4.